The largest absolute Gasteiger partial charge is 0.368 e. The Labute approximate surface area is 105 Å². The summed E-state index contributed by atoms with van der Waals surface area (Å²) in [5.74, 6) is 0.731. The van der Waals surface area contributed by atoms with E-state index in [1.807, 2.05) is 0 Å². The Balaban J connectivity index is 1.90. The smallest absolute Gasteiger partial charge is 0.0413 e. The van der Waals surface area contributed by atoms with E-state index < -0.39 is 0 Å². The molecule has 2 heterocycles. The molecule has 2 atom stereocenters. The molecule has 0 aliphatic carbocycles. The Morgan fingerprint density at radius 2 is 2.31 bits per heavy atom. The highest BCUT2D eigenvalue weighted by Gasteiger charge is 2.35. The first-order valence-corrected chi connectivity index (χ1v) is 6.83. The summed E-state index contributed by atoms with van der Waals surface area (Å²) in [4.78, 5) is 2.58. The Kier molecular flexibility index (Phi) is 2.68. The van der Waals surface area contributed by atoms with Crippen molar-refractivity contribution in [3.05, 3.63) is 28.2 Å². The number of hydrogen-bond acceptors (Lipinski definition) is 2. The molecule has 2 aliphatic heterocycles. The Morgan fingerprint density at radius 1 is 1.44 bits per heavy atom. The minimum atomic E-state index is 0.691. The van der Waals surface area contributed by atoms with Crippen LogP contribution in [0.5, 0.6) is 0 Å². The van der Waals surface area contributed by atoms with E-state index in [1.165, 1.54) is 41.5 Å². The molecule has 3 rings (SSSR count). The Hall–Kier alpha value is -0.540. The number of nitrogens with zero attached hydrogens (tertiary/aromatic N) is 1. The molecule has 1 aromatic carbocycles. The monoisotopic (exact) mass is 280 g/mol. The lowest BCUT2D eigenvalue weighted by molar-refractivity contribution is 0.357. The van der Waals surface area contributed by atoms with Crippen molar-refractivity contribution < 1.29 is 0 Å². The summed E-state index contributed by atoms with van der Waals surface area (Å²) in [6.07, 6.45) is 3.70. The van der Waals surface area contributed by atoms with Gasteiger partial charge in [-0.2, -0.15) is 0 Å². The molecule has 2 aliphatic rings. The Morgan fingerprint density at radius 3 is 3.12 bits per heavy atom. The average molecular weight is 281 g/mol. The molecule has 0 bridgehead atoms. The second kappa shape index (κ2) is 4.04. The summed E-state index contributed by atoms with van der Waals surface area (Å²) in [7, 11) is 0. The van der Waals surface area contributed by atoms with Gasteiger partial charge in [-0.15, -0.1) is 0 Å². The number of halogens is 1. The maximum absolute atomic E-state index is 5.79. The predicted octanol–water partition coefficient (Wildman–Crippen LogP) is 2.55. The highest BCUT2D eigenvalue weighted by molar-refractivity contribution is 9.10. The van der Waals surface area contributed by atoms with E-state index in [-0.39, 0.29) is 0 Å². The average Bonchev–Trinajstić information content (AvgIpc) is 2.68. The van der Waals surface area contributed by atoms with Gasteiger partial charge >= 0.3 is 0 Å². The molecule has 16 heavy (non-hydrogen) atoms. The molecular weight excluding hydrogens is 264 g/mol. The van der Waals surface area contributed by atoms with Crippen molar-refractivity contribution in [2.24, 2.45) is 11.7 Å². The summed E-state index contributed by atoms with van der Waals surface area (Å²) < 4.78 is 1.27. The van der Waals surface area contributed by atoms with Crippen molar-refractivity contribution in [1.82, 2.24) is 0 Å². The summed E-state index contributed by atoms with van der Waals surface area (Å²) in [5.41, 5.74) is 8.72. The van der Waals surface area contributed by atoms with Gasteiger partial charge in [0.2, 0.25) is 0 Å². The second-order valence-corrected chi connectivity index (χ2v) is 5.77. The fourth-order valence-electron chi connectivity index (χ4n) is 3.11. The van der Waals surface area contributed by atoms with Crippen LogP contribution in [0.1, 0.15) is 18.4 Å². The van der Waals surface area contributed by atoms with Gasteiger partial charge in [-0.3, -0.25) is 0 Å². The van der Waals surface area contributed by atoms with Gasteiger partial charge in [-0.25, -0.2) is 0 Å². The molecule has 3 heteroatoms. The summed E-state index contributed by atoms with van der Waals surface area (Å²) in [6.45, 7) is 2.03. The third kappa shape index (κ3) is 1.57. The van der Waals surface area contributed by atoms with E-state index in [1.54, 1.807) is 0 Å². The lowest BCUT2D eigenvalue weighted by atomic mass is 9.91. The van der Waals surface area contributed by atoms with E-state index in [2.05, 4.69) is 39.0 Å². The van der Waals surface area contributed by atoms with Crippen LogP contribution in [0.15, 0.2) is 22.7 Å². The van der Waals surface area contributed by atoms with Crippen molar-refractivity contribution in [2.45, 2.75) is 25.3 Å². The maximum atomic E-state index is 5.79. The van der Waals surface area contributed by atoms with Crippen molar-refractivity contribution in [2.75, 3.05) is 18.0 Å². The first kappa shape index (κ1) is 10.6. The normalized spacial score (nSPS) is 27.8. The van der Waals surface area contributed by atoms with Gasteiger partial charge in [0.1, 0.15) is 0 Å². The summed E-state index contributed by atoms with van der Waals surface area (Å²) in [6, 6.07) is 7.23. The molecule has 1 fully saturated rings. The molecule has 0 aromatic heterocycles. The maximum Gasteiger partial charge on any atom is 0.0413 e. The zero-order valence-corrected chi connectivity index (χ0v) is 10.9. The van der Waals surface area contributed by atoms with Gasteiger partial charge in [0.25, 0.3) is 0 Å². The summed E-state index contributed by atoms with van der Waals surface area (Å²) >= 11 is 3.66. The Bertz CT molecular complexity index is 405. The van der Waals surface area contributed by atoms with Gasteiger partial charge in [-0.05, 0) is 49.4 Å². The molecule has 0 saturated carbocycles. The van der Waals surface area contributed by atoms with Crippen molar-refractivity contribution in [1.29, 1.82) is 0 Å². The molecule has 1 saturated heterocycles. The minimum Gasteiger partial charge on any atom is -0.368 e. The molecule has 0 spiro atoms. The van der Waals surface area contributed by atoms with Crippen LogP contribution < -0.4 is 10.6 Å². The number of piperidine rings is 1. The fraction of sp³-hybridized carbons (Fsp3) is 0.538. The minimum absolute atomic E-state index is 0.691. The molecule has 2 N–H and O–H groups in total. The standard InChI is InChI=1S/C13H17BrN2/c14-12-2-1-3-13-11(12)7-10-6-9(8-15)4-5-16(10)13/h1-3,9-10H,4-8,15H2. The van der Waals surface area contributed by atoms with Crippen LogP contribution in [0.25, 0.3) is 0 Å². The SMILES string of the molecule is NCC1CCN2c3cccc(Br)c3CC2C1. The molecule has 0 radical (unpaired) electrons. The van der Waals surface area contributed by atoms with Gasteiger partial charge in [0.05, 0.1) is 0 Å². The van der Waals surface area contributed by atoms with E-state index in [9.17, 15) is 0 Å². The first-order chi connectivity index (χ1) is 7.79. The molecule has 2 unspecified atom stereocenters. The third-order valence-corrected chi connectivity index (χ3v) is 4.74. The van der Waals surface area contributed by atoms with Crippen LogP contribution >= 0.6 is 15.9 Å². The van der Waals surface area contributed by atoms with Gasteiger partial charge < -0.3 is 10.6 Å². The fourth-order valence-corrected chi connectivity index (χ4v) is 3.63. The van der Waals surface area contributed by atoms with Crippen molar-refractivity contribution in [3.8, 4) is 0 Å². The summed E-state index contributed by atoms with van der Waals surface area (Å²) in [5, 5.41) is 0. The second-order valence-electron chi connectivity index (χ2n) is 4.91. The number of benzene rings is 1. The van der Waals surface area contributed by atoms with Crippen LogP contribution in [0.4, 0.5) is 5.69 Å². The molecule has 86 valence electrons. The van der Waals surface area contributed by atoms with E-state index >= 15 is 0 Å². The van der Waals surface area contributed by atoms with Gasteiger partial charge in [0, 0.05) is 22.7 Å². The molecule has 1 aromatic rings. The highest BCUT2D eigenvalue weighted by atomic mass is 79.9. The van der Waals surface area contributed by atoms with Crippen LogP contribution in [-0.2, 0) is 6.42 Å². The first-order valence-electron chi connectivity index (χ1n) is 6.03. The zero-order valence-electron chi connectivity index (χ0n) is 9.32. The highest BCUT2D eigenvalue weighted by Crippen LogP contribution is 2.41. The van der Waals surface area contributed by atoms with E-state index in [0.29, 0.717) is 6.04 Å². The quantitative estimate of drug-likeness (QED) is 0.857. The van der Waals surface area contributed by atoms with Crippen LogP contribution in [-0.4, -0.2) is 19.1 Å². The van der Waals surface area contributed by atoms with E-state index in [0.717, 1.165) is 12.5 Å². The molecule has 0 amide bonds. The van der Waals surface area contributed by atoms with Crippen LogP contribution in [0.3, 0.4) is 0 Å². The lowest BCUT2D eigenvalue weighted by Crippen LogP contribution is -2.41. The van der Waals surface area contributed by atoms with Gasteiger partial charge in [-0.1, -0.05) is 22.0 Å². The lowest BCUT2D eigenvalue weighted by Gasteiger charge is -2.36. The number of fused-ring (bicyclic) bond motifs is 3. The topological polar surface area (TPSA) is 29.3 Å². The van der Waals surface area contributed by atoms with Gasteiger partial charge in [0.15, 0.2) is 0 Å². The zero-order chi connectivity index (χ0) is 11.1. The predicted molar refractivity (Wildman–Crippen MR) is 70.8 cm³/mol. The van der Waals surface area contributed by atoms with Crippen LogP contribution in [0.2, 0.25) is 0 Å². The van der Waals surface area contributed by atoms with Crippen molar-refractivity contribution in [3.63, 3.8) is 0 Å². The molecule has 2 nitrogen and oxygen atoms in total. The number of anilines is 1. The number of nitrogens with two attached hydrogens (primary N) is 1. The molecular formula is C13H17BrN2. The van der Waals surface area contributed by atoms with E-state index in [4.69, 9.17) is 5.73 Å². The number of hydrogen-bond donors (Lipinski definition) is 1. The third-order valence-electron chi connectivity index (χ3n) is 4.00. The van der Waals surface area contributed by atoms with Crippen molar-refractivity contribution >= 4 is 21.6 Å². The van der Waals surface area contributed by atoms with Crippen LogP contribution in [0, 0.1) is 5.92 Å². The number of rotatable bonds is 1.